The normalized spacial score (nSPS) is 10.8. The first-order chi connectivity index (χ1) is 11.0. The molecule has 6 nitrogen and oxygen atoms in total. The van der Waals surface area contributed by atoms with Gasteiger partial charge >= 0.3 is 0 Å². The minimum atomic E-state index is -0.129. The minimum absolute atomic E-state index is 0.129. The van der Waals surface area contributed by atoms with Crippen LogP contribution in [0.25, 0.3) is 0 Å². The third kappa shape index (κ3) is 4.97. The van der Waals surface area contributed by atoms with Crippen molar-refractivity contribution in [2.45, 2.75) is 20.0 Å². The lowest BCUT2D eigenvalue weighted by Gasteiger charge is -2.16. The van der Waals surface area contributed by atoms with Crippen molar-refractivity contribution in [3.8, 4) is 5.75 Å². The van der Waals surface area contributed by atoms with E-state index in [1.807, 2.05) is 35.9 Å². The molecule has 0 atom stereocenters. The molecule has 0 fully saturated rings. The molecular weight excluding hydrogens is 316 g/mol. The number of nitrogens with one attached hydrogen (secondary N) is 1. The van der Waals surface area contributed by atoms with Gasteiger partial charge in [-0.3, -0.25) is 14.4 Å². The van der Waals surface area contributed by atoms with Gasteiger partial charge in [-0.15, -0.1) is 0 Å². The second-order valence-electron chi connectivity index (χ2n) is 5.27. The Morgan fingerprint density at radius 1 is 1.48 bits per heavy atom. The van der Waals surface area contributed by atoms with E-state index in [1.165, 1.54) is 0 Å². The van der Waals surface area contributed by atoms with Gasteiger partial charge in [0, 0.05) is 29.9 Å². The van der Waals surface area contributed by atoms with E-state index in [2.05, 4.69) is 10.4 Å². The number of rotatable bonds is 7. The first-order valence-electron chi connectivity index (χ1n) is 7.35. The van der Waals surface area contributed by atoms with Crippen molar-refractivity contribution in [2.24, 2.45) is 0 Å². The molecular formula is C16H21ClN4O2. The first-order valence-corrected chi connectivity index (χ1v) is 7.73. The number of hydrogen-bond acceptors (Lipinski definition) is 4. The van der Waals surface area contributed by atoms with Crippen molar-refractivity contribution in [2.75, 3.05) is 26.0 Å². The van der Waals surface area contributed by atoms with E-state index in [1.54, 1.807) is 25.3 Å². The van der Waals surface area contributed by atoms with Gasteiger partial charge in [0.1, 0.15) is 5.75 Å². The molecule has 0 aliphatic heterocycles. The van der Waals surface area contributed by atoms with Crippen LogP contribution in [-0.2, 0) is 17.9 Å². The summed E-state index contributed by atoms with van der Waals surface area (Å²) in [5, 5.41) is 7.59. The lowest BCUT2D eigenvalue weighted by atomic mass is 10.3. The van der Waals surface area contributed by atoms with Crippen molar-refractivity contribution < 1.29 is 9.53 Å². The average molecular weight is 337 g/mol. The number of halogens is 1. The minimum Gasteiger partial charge on any atom is -0.495 e. The Kier molecular flexibility index (Phi) is 6.01. The average Bonchev–Trinajstić information content (AvgIpc) is 2.94. The number of nitrogens with zero attached hydrogens (tertiary/aromatic N) is 3. The quantitative estimate of drug-likeness (QED) is 0.844. The molecule has 1 aromatic carbocycles. The molecule has 1 aromatic heterocycles. The Labute approximate surface area is 141 Å². The molecule has 1 N–H and O–H groups in total. The second kappa shape index (κ2) is 7.99. The van der Waals surface area contributed by atoms with Gasteiger partial charge in [-0.25, -0.2) is 0 Å². The van der Waals surface area contributed by atoms with E-state index in [0.29, 0.717) is 23.0 Å². The summed E-state index contributed by atoms with van der Waals surface area (Å²) in [6, 6.07) is 5.11. The molecule has 0 aliphatic rings. The summed E-state index contributed by atoms with van der Waals surface area (Å²) in [6.45, 7) is 3.78. The highest BCUT2D eigenvalue weighted by Gasteiger charge is 2.11. The largest absolute Gasteiger partial charge is 0.495 e. The molecule has 7 heteroatoms. The van der Waals surface area contributed by atoms with Gasteiger partial charge in [0.05, 0.1) is 25.5 Å². The molecule has 0 aliphatic carbocycles. The maximum absolute atomic E-state index is 12.2. The third-order valence-corrected chi connectivity index (χ3v) is 3.55. The molecule has 0 bridgehead atoms. The van der Waals surface area contributed by atoms with Crippen LogP contribution in [0.3, 0.4) is 0 Å². The molecule has 1 heterocycles. The van der Waals surface area contributed by atoms with Gasteiger partial charge < -0.3 is 10.1 Å². The molecule has 2 rings (SSSR count). The number of anilines is 1. The molecule has 0 spiro atoms. The Hall–Kier alpha value is -2.05. The molecule has 0 radical (unpaired) electrons. The molecule has 0 saturated carbocycles. The fourth-order valence-corrected chi connectivity index (χ4v) is 2.41. The van der Waals surface area contributed by atoms with E-state index in [-0.39, 0.29) is 12.5 Å². The lowest BCUT2D eigenvalue weighted by Crippen LogP contribution is -2.29. The maximum Gasteiger partial charge on any atom is 0.238 e. The number of carbonyl (C=O) groups excluding carboxylic acids is 1. The number of amides is 1. The summed E-state index contributed by atoms with van der Waals surface area (Å²) >= 11 is 5.96. The van der Waals surface area contributed by atoms with Crippen LogP contribution in [0, 0.1) is 0 Å². The van der Waals surface area contributed by atoms with Gasteiger partial charge in [-0.2, -0.15) is 5.10 Å². The van der Waals surface area contributed by atoms with Crippen LogP contribution in [0.1, 0.15) is 12.5 Å². The van der Waals surface area contributed by atoms with Crippen LogP contribution >= 0.6 is 11.6 Å². The Bertz CT molecular complexity index is 672. The summed E-state index contributed by atoms with van der Waals surface area (Å²) in [5.41, 5.74) is 1.64. The monoisotopic (exact) mass is 336 g/mol. The van der Waals surface area contributed by atoms with Crippen LogP contribution in [-0.4, -0.2) is 41.3 Å². The zero-order valence-electron chi connectivity index (χ0n) is 13.5. The highest BCUT2D eigenvalue weighted by molar-refractivity contribution is 6.31. The number of ether oxygens (including phenoxy) is 1. The Balaban J connectivity index is 1.92. The highest BCUT2D eigenvalue weighted by atomic mass is 35.5. The number of methoxy groups -OCH3 is 1. The standard InChI is InChI=1S/C16H21ClN4O2/c1-4-21-10-12(8-18-21)9-20(2)11-16(22)19-14-7-13(17)5-6-15(14)23-3/h5-8,10H,4,9,11H2,1-3H3,(H,19,22). The topological polar surface area (TPSA) is 59.4 Å². The van der Waals surface area contributed by atoms with Crippen LogP contribution in [0.2, 0.25) is 5.02 Å². The predicted octanol–water partition coefficient (Wildman–Crippen LogP) is 2.64. The summed E-state index contributed by atoms with van der Waals surface area (Å²) in [4.78, 5) is 14.1. The van der Waals surface area contributed by atoms with Crippen molar-refractivity contribution in [3.63, 3.8) is 0 Å². The van der Waals surface area contributed by atoms with Crippen molar-refractivity contribution in [1.29, 1.82) is 0 Å². The van der Waals surface area contributed by atoms with Crippen molar-refractivity contribution >= 4 is 23.2 Å². The smallest absolute Gasteiger partial charge is 0.238 e. The molecule has 2 aromatic rings. The molecule has 124 valence electrons. The Morgan fingerprint density at radius 2 is 2.26 bits per heavy atom. The molecule has 0 unspecified atom stereocenters. The molecule has 23 heavy (non-hydrogen) atoms. The van der Waals surface area contributed by atoms with E-state index in [0.717, 1.165) is 12.1 Å². The maximum atomic E-state index is 12.2. The fraction of sp³-hybridized carbons (Fsp3) is 0.375. The highest BCUT2D eigenvalue weighted by Crippen LogP contribution is 2.27. The van der Waals surface area contributed by atoms with Crippen molar-refractivity contribution in [3.05, 3.63) is 41.2 Å². The van der Waals surface area contributed by atoms with E-state index in [4.69, 9.17) is 16.3 Å². The van der Waals surface area contributed by atoms with E-state index >= 15 is 0 Å². The van der Waals surface area contributed by atoms with Crippen LogP contribution in [0.15, 0.2) is 30.6 Å². The number of carbonyl (C=O) groups is 1. The van der Waals surface area contributed by atoms with E-state index in [9.17, 15) is 4.79 Å². The van der Waals surface area contributed by atoms with Gasteiger partial charge in [0.2, 0.25) is 5.91 Å². The van der Waals surface area contributed by atoms with Gasteiger partial charge in [0.25, 0.3) is 0 Å². The van der Waals surface area contributed by atoms with E-state index < -0.39 is 0 Å². The fourth-order valence-electron chi connectivity index (χ4n) is 2.24. The number of hydrogen-bond donors (Lipinski definition) is 1. The number of likely N-dealkylation sites (N-methyl/N-ethyl adjacent to an activating group) is 1. The van der Waals surface area contributed by atoms with Gasteiger partial charge in [0.15, 0.2) is 0 Å². The van der Waals surface area contributed by atoms with Crippen molar-refractivity contribution in [1.82, 2.24) is 14.7 Å². The molecule has 0 saturated heterocycles. The lowest BCUT2D eigenvalue weighted by molar-refractivity contribution is -0.117. The zero-order chi connectivity index (χ0) is 16.8. The SMILES string of the molecule is CCn1cc(CN(C)CC(=O)Nc2cc(Cl)ccc2OC)cn1. The predicted molar refractivity (Wildman–Crippen MR) is 90.9 cm³/mol. The van der Waals surface area contributed by atoms with Crippen LogP contribution < -0.4 is 10.1 Å². The summed E-state index contributed by atoms with van der Waals surface area (Å²) in [7, 11) is 3.44. The second-order valence-corrected chi connectivity index (χ2v) is 5.71. The summed E-state index contributed by atoms with van der Waals surface area (Å²) in [6.07, 6.45) is 3.80. The van der Waals surface area contributed by atoms with Gasteiger partial charge in [-0.1, -0.05) is 11.6 Å². The third-order valence-electron chi connectivity index (χ3n) is 3.31. The zero-order valence-corrected chi connectivity index (χ0v) is 14.3. The van der Waals surface area contributed by atoms with Crippen LogP contribution in [0.4, 0.5) is 5.69 Å². The summed E-state index contributed by atoms with van der Waals surface area (Å²) < 4.78 is 7.08. The number of aryl methyl sites for hydroxylation is 1. The number of aromatic nitrogens is 2. The first kappa shape index (κ1) is 17.3. The van der Waals surface area contributed by atoms with Crippen LogP contribution in [0.5, 0.6) is 5.75 Å². The van der Waals surface area contributed by atoms with Gasteiger partial charge in [-0.05, 0) is 32.2 Å². The molecule has 1 amide bonds. The summed E-state index contributed by atoms with van der Waals surface area (Å²) in [5.74, 6) is 0.450. The Morgan fingerprint density at radius 3 is 2.91 bits per heavy atom. The number of benzene rings is 1.